The molecule has 4 heteroatoms. The molecule has 0 saturated heterocycles. The lowest BCUT2D eigenvalue weighted by Crippen LogP contribution is -2.32. The largest absolute Gasteiger partial charge is 0.506 e. The Hall–Kier alpha value is -0.730. The van der Waals surface area contributed by atoms with Crippen LogP contribution in [0.1, 0.15) is 48.5 Å². The number of ketones is 1. The van der Waals surface area contributed by atoms with E-state index in [1.807, 2.05) is 6.92 Å². The van der Waals surface area contributed by atoms with Crippen molar-refractivity contribution in [3.05, 3.63) is 27.2 Å². The van der Waals surface area contributed by atoms with Gasteiger partial charge in [-0.25, -0.2) is 0 Å². The van der Waals surface area contributed by atoms with Crippen molar-refractivity contribution >= 4 is 29.0 Å². The van der Waals surface area contributed by atoms with E-state index in [2.05, 4.69) is 0 Å². The van der Waals surface area contributed by atoms with Crippen LogP contribution in [0, 0.1) is 11.3 Å². The second-order valence-electron chi connectivity index (χ2n) is 5.96. The zero-order valence-corrected chi connectivity index (χ0v) is 12.3. The second-order valence-corrected chi connectivity index (χ2v) is 6.72. The molecule has 0 aromatic heterocycles. The summed E-state index contributed by atoms with van der Waals surface area (Å²) in [5, 5.41) is 10.1. The predicted octanol–water partition coefficient (Wildman–Crippen LogP) is 4.63. The van der Waals surface area contributed by atoms with Crippen molar-refractivity contribution < 1.29 is 9.90 Å². The van der Waals surface area contributed by atoms with E-state index in [1.165, 1.54) is 12.8 Å². The van der Waals surface area contributed by atoms with E-state index in [-0.39, 0.29) is 27.0 Å². The maximum Gasteiger partial charge on any atom is 0.171 e. The van der Waals surface area contributed by atoms with Crippen LogP contribution in [0.5, 0.6) is 5.75 Å². The average molecular weight is 299 g/mol. The molecule has 1 aromatic rings. The Bertz CT molecular complexity index is 562. The van der Waals surface area contributed by atoms with Gasteiger partial charge in [-0.2, -0.15) is 0 Å². The van der Waals surface area contributed by atoms with Crippen molar-refractivity contribution in [3.8, 4) is 5.75 Å². The van der Waals surface area contributed by atoms with E-state index in [0.717, 1.165) is 18.4 Å². The number of phenolic OH excluding ortho intramolecular Hbond substituents is 1. The normalized spacial score (nSPS) is 27.0. The molecule has 0 heterocycles. The van der Waals surface area contributed by atoms with E-state index in [9.17, 15) is 9.90 Å². The molecule has 0 radical (unpaired) electrons. The number of fused-ring (bicyclic) bond motifs is 1. The molecule has 0 unspecified atom stereocenters. The van der Waals surface area contributed by atoms with Crippen LogP contribution in [0.2, 0.25) is 10.0 Å². The minimum Gasteiger partial charge on any atom is -0.506 e. The molecule has 1 saturated carbocycles. The fourth-order valence-corrected chi connectivity index (χ4v) is 4.16. The zero-order chi connectivity index (χ0) is 13.8. The first kappa shape index (κ1) is 13.3. The third-order valence-electron chi connectivity index (χ3n) is 4.83. The van der Waals surface area contributed by atoms with E-state index in [0.29, 0.717) is 17.9 Å². The van der Waals surface area contributed by atoms with Gasteiger partial charge in [0.1, 0.15) is 10.8 Å². The highest BCUT2D eigenvalue weighted by molar-refractivity contribution is 6.45. The van der Waals surface area contributed by atoms with Crippen molar-refractivity contribution in [2.45, 2.75) is 39.0 Å². The van der Waals surface area contributed by atoms with Crippen LogP contribution in [-0.4, -0.2) is 10.9 Å². The standard InChI is InChI=1S/C15H16Cl2O2/c1-15(9-4-2-3-5-9)7-8-6-10(18)12(16)13(17)11(8)14(15)19/h6,9,18H,2-5,7H2,1H3/t15-/m0/s1. The van der Waals surface area contributed by atoms with Gasteiger partial charge in [0.05, 0.1) is 5.02 Å². The summed E-state index contributed by atoms with van der Waals surface area (Å²) in [6, 6.07) is 1.60. The summed E-state index contributed by atoms with van der Waals surface area (Å²) in [6.45, 7) is 2.03. The molecule has 1 fully saturated rings. The summed E-state index contributed by atoms with van der Waals surface area (Å²) in [5.74, 6) is 0.486. The predicted molar refractivity (Wildman–Crippen MR) is 76.2 cm³/mol. The molecular formula is C15H16Cl2O2. The molecular weight excluding hydrogens is 283 g/mol. The zero-order valence-electron chi connectivity index (χ0n) is 10.8. The lowest BCUT2D eigenvalue weighted by molar-refractivity contribution is 0.0744. The average Bonchev–Trinajstić information content (AvgIpc) is 2.96. The van der Waals surface area contributed by atoms with Gasteiger partial charge in [-0.15, -0.1) is 0 Å². The smallest absolute Gasteiger partial charge is 0.171 e. The summed E-state index contributed by atoms with van der Waals surface area (Å²) in [6.07, 6.45) is 5.27. The van der Waals surface area contributed by atoms with Crippen LogP contribution < -0.4 is 0 Å². The van der Waals surface area contributed by atoms with Crippen LogP contribution in [0.15, 0.2) is 6.07 Å². The topological polar surface area (TPSA) is 37.3 Å². The quantitative estimate of drug-likeness (QED) is 0.820. The Labute approximate surface area is 122 Å². The molecule has 2 aliphatic rings. The van der Waals surface area contributed by atoms with Gasteiger partial charge >= 0.3 is 0 Å². The van der Waals surface area contributed by atoms with Crippen molar-refractivity contribution in [3.63, 3.8) is 0 Å². The number of carbonyl (C=O) groups excluding carboxylic acids is 1. The van der Waals surface area contributed by atoms with Crippen molar-refractivity contribution in [2.24, 2.45) is 11.3 Å². The van der Waals surface area contributed by atoms with Gasteiger partial charge in [-0.05, 0) is 36.8 Å². The molecule has 102 valence electrons. The monoisotopic (exact) mass is 298 g/mol. The number of phenols is 1. The Morgan fingerprint density at radius 2 is 1.89 bits per heavy atom. The fourth-order valence-electron chi connectivity index (χ4n) is 3.70. The van der Waals surface area contributed by atoms with Crippen LogP contribution in [0.4, 0.5) is 0 Å². The van der Waals surface area contributed by atoms with Crippen LogP contribution in [-0.2, 0) is 6.42 Å². The molecule has 0 amide bonds. The Morgan fingerprint density at radius 3 is 2.53 bits per heavy atom. The lowest BCUT2D eigenvalue weighted by Gasteiger charge is -2.29. The molecule has 1 atom stereocenters. The molecule has 3 rings (SSSR count). The van der Waals surface area contributed by atoms with Gasteiger partial charge in [-0.1, -0.05) is 43.0 Å². The Morgan fingerprint density at radius 1 is 1.26 bits per heavy atom. The minimum atomic E-state index is -0.375. The first-order chi connectivity index (χ1) is 8.95. The number of hydrogen-bond donors (Lipinski definition) is 1. The van der Waals surface area contributed by atoms with Gasteiger partial charge in [0.25, 0.3) is 0 Å². The van der Waals surface area contributed by atoms with Crippen molar-refractivity contribution in [1.82, 2.24) is 0 Å². The highest BCUT2D eigenvalue weighted by Gasteiger charge is 2.49. The van der Waals surface area contributed by atoms with Crippen LogP contribution in [0.25, 0.3) is 0 Å². The maximum absolute atomic E-state index is 12.8. The van der Waals surface area contributed by atoms with Gasteiger partial charge in [0, 0.05) is 11.0 Å². The molecule has 19 heavy (non-hydrogen) atoms. The van der Waals surface area contributed by atoms with Gasteiger partial charge < -0.3 is 5.11 Å². The highest BCUT2D eigenvalue weighted by atomic mass is 35.5. The Kier molecular flexibility index (Phi) is 3.06. The SMILES string of the molecule is C[C@@]1(C2CCCC2)Cc2cc(O)c(Cl)c(Cl)c2C1=O. The number of hydrogen-bond acceptors (Lipinski definition) is 2. The molecule has 0 bridgehead atoms. The molecule has 2 nitrogen and oxygen atoms in total. The molecule has 1 N–H and O–H groups in total. The first-order valence-corrected chi connectivity index (χ1v) is 7.45. The van der Waals surface area contributed by atoms with E-state index < -0.39 is 0 Å². The molecule has 0 aliphatic heterocycles. The number of aromatic hydroxyl groups is 1. The maximum atomic E-state index is 12.8. The van der Waals surface area contributed by atoms with Gasteiger partial charge in [-0.3, -0.25) is 4.79 Å². The van der Waals surface area contributed by atoms with E-state index in [1.54, 1.807) is 6.07 Å². The Balaban J connectivity index is 2.09. The van der Waals surface area contributed by atoms with Crippen molar-refractivity contribution in [1.29, 1.82) is 0 Å². The highest BCUT2D eigenvalue weighted by Crippen LogP contribution is 2.52. The summed E-state index contributed by atoms with van der Waals surface area (Å²) in [4.78, 5) is 12.8. The molecule has 1 aromatic carbocycles. The fraction of sp³-hybridized carbons (Fsp3) is 0.533. The van der Waals surface area contributed by atoms with Crippen LogP contribution >= 0.6 is 23.2 Å². The first-order valence-electron chi connectivity index (χ1n) is 6.70. The number of carbonyl (C=O) groups is 1. The number of benzene rings is 1. The third-order valence-corrected chi connectivity index (χ3v) is 5.69. The van der Waals surface area contributed by atoms with E-state index in [4.69, 9.17) is 23.2 Å². The number of Topliss-reactive ketones (excluding diaryl/α,β-unsaturated/α-hetero) is 1. The van der Waals surface area contributed by atoms with E-state index >= 15 is 0 Å². The molecule has 2 aliphatic carbocycles. The van der Waals surface area contributed by atoms with Crippen molar-refractivity contribution in [2.75, 3.05) is 0 Å². The summed E-state index contributed by atoms with van der Waals surface area (Å²) in [5.41, 5.74) is 0.990. The number of rotatable bonds is 1. The van der Waals surface area contributed by atoms with Gasteiger partial charge in [0.2, 0.25) is 0 Å². The minimum absolute atomic E-state index is 0.0334. The second kappa shape index (κ2) is 4.39. The van der Waals surface area contributed by atoms with Crippen LogP contribution in [0.3, 0.4) is 0 Å². The number of halogens is 2. The summed E-state index contributed by atoms with van der Waals surface area (Å²) in [7, 11) is 0. The summed E-state index contributed by atoms with van der Waals surface area (Å²) < 4.78 is 0. The summed E-state index contributed by atoms with van der Waals surface area (Å²) >= 11 is 12.1. The van der Waals surface area contributed by atoms with Gasteiger partial charge in [0.15, 0.2) is 5.78 Å². The molecule has 0 spiro atoms. The third kappa shape index (κ3) is 1.80. The lowest BCUT2D eigenvalue weighted by atomic mass is 9.73.